The first-order chi connectivity index (χ1) is 8.04. The molecule has 0 aromatic carbocycles. The van der Waals surface area contributed by atoms with Gasteiger partial charge in [-0.25, -0.2) is 9.97 Å². The molecule has 0 unspecified atom stereocenters. The summed E-state index contributed by atoms with van der Waals surface area (Å²) in [7, 11) is 0. The van der Waals surface area contributed by atoms with E-state index in [0.29, 0.717) is 9.21 Å². The Balaban J connectivity index is 2.18. The van der Waals surface area contributed by atoms with Gasteiger partial charge in [0.25, 0.3) is 5.91 Å². The van der Waals surface area contributed by atoms with E-state index in [2.05, 4.69) is 15.3 Å². The second-order valence-corrected chi connectivity index (χ2v) is 5.34. The number of hydrogen-bond acceptors (Lipinski definition) is 4. The van der Waals surface area contributed by atoms with Crippen molar-refractivity contribution in [2.24, 2.45) is 0 Å². The lowest BCUT2D eigenvalue weighted by molar-refractivity contribution is 0.103. The van der Waals surface area contributed by atoms with Gasteiger partial charge >= 0.3 is 0 Å². The minimum atomic E-state index is -0.326. The van der Waals surface area contributed by atoms with Gasteiger partial charge in [0, 0.05) is 6.07 Å². The van der Waals surface area contributed by atoms with E-state index in [-0.39, 0.29) is 22.2 Å². The van der Waals surface area contributed by atoms with Crippen molar-refractivity contribution in [2.45, 2.75) is 0 Å². The summed E-state index contributed by atoms with van der Waals surface area (Å²) < 4.78 is 0.536. The average molecular weight is 309 g/mol. The summed E-state index contributed by atoms with van der Waals surface area (Å²) in [5, 5.41) is 2.67. The van der Waals surface area contributed by atoms with Crippen LogP contribution in [0.4, 0.5) is 5.82 Å². The number of thiophene rings is 1. The summed E-state index contributed by atoms with van der Waals surface area (Å²) in [6, 6.07) is 4.66. The van der Waals surface area contributed by atoms with Crippen LogP contribution in [-0.2, 0) is 0 Å². The van der Waals surface area contributed by atoms with Crippen LogP contribution in [0, 0.1) is 0 Å². The van der Waals surface area contributed by atoms with Gasteiger partial charge in [-0.2, -0.15) is 0 Å². The molecule has 0 saturated heterocycles. The molecule has 1 N–H and O–H groups in total. The third-order valence-electron chi connectivity index (χ3n) is 1.71. The number of carbonyl (C=O) groups excluding carboxylic acids is 1. The molecular weight excluding hydrogens is 305 g/mol. The summed E-state index contributed by atoms with van der Waals surface area (Å²) in [5.74, 6) is -0.0859. The molecule has 0 aliphatic heterocycles. The van der Waals surface area contributed by atoms with Gasteiger partial charge in [-0.3, -0.25) is 4.79 Å². The van der Waals surface area contributed by atoms with Crippen molar-refractivity contribution < 1.29 is 4.79 Å². The SMILES string of the molecule is O=C(Nc1cc(Cl)nc(Cl)n1)c1ccc(Cl)s1. The molecule has 0 fully saturated rings. The Bertz CT molecular complexity index is 552. The van der Waals surface area contributed by atoms with Crippen molar-refractivity contribution in [1.29, 1.82) is 0 Å². The number of nitrogens with zero attached hydrogens (tertiary/aromatic N) is 2. The Morgan fingerprint density at radius 1 is 1.24 bits per heavy atom. The molecule has 2 aromatic heterocycles. The Labute approximate surface area is 116 Å². The quantitative estimate of drug-likeness (QED) is 0.679. The van der Waals surface area contributed by atoms with Gasteiger partial charge in [-0.15, -0.1) is 11.3 Å². The van der Waals surface area contributed by atoms with Crippen LogP contribution in [0.25, 0.3) is 0 Å². The van der Waals surface area contributed by atoms with Crippen LogP contribution in [0.1, 0.15) is 9.67 Å². The highest BCUT2D eigenvalue weighted by Gasteiger charge is 2.10. The first-order valence-electron chi connectivity index (χ1n) is 4.31. The fraction of sp³-hybridized carbons (Fsp3) is 0. The van der Waals surface area contributed by atoms with Gasteiger partial charge in [0.2, 0.25) is 5.28 Å². The monoisotopic (exact) mass is 307 g/mol. The first kappa shape index (κ1) is 12.6. The molecule has 0 saturated carbocycles. The fourth-order valence-electron chi connectivity index (χ4n) is 1.07. The van der Waals surface area contributed by atoms with Crippen LogP contribution in [0.3, 0.4) is 0 Å². The molecule has 88 valence electrons. The van der Waals surface area contributed by atoms with Crippen molar-refractivity contribution in [3.05, 3.63) is 37.8 Å². The molecule has 0 bridgehead atoms. The van der Waals surface area contributed by atoms with Crippen LogP contribution in [0.5, 0.6) is 0 Å². The molecule has 1 amide bonds. The molecule has 4 nitrogen and oxygen atoms in total. The number of rotatable bonds is 2. The molecule has 0 aliphatic rings. The average Bonchev–Trinajstić information content (AvgIpc) is 2.63. The third kappa shape index (κ3) is 3.29. The first-order valence-corrected chi connectivity index (χ1v) is 6.26. The number of aromatic nitrogens is 2. The van der Waals surface area contributed by atoms with Gasteiger partial charge in [-0.05, 0) is 23.7 Å². The van der Waals surface area contributed by atoms with E-state index in [4.69, 9.17) is 34.8 Å². The summed E-state index contributed by atoms with van der Waals surface area (Å²) >= 11 is 18.2. The van der Waals surface area contributed by atoms with Crippen molar-refractivity contribution in [2.75, 3.05) is 5.32 Å². The normalized spacial score (nSPS) is 10.3. The smallest absolute Gasteiger partial charge is 0.266 e. The van der Waals surface area contributed by atoms with Crippen molar-refractivity contribution in [1.82, 2.24) is 9.97 Å². The molecule has 2 heterocycles. The van der Waals surface area contributed by atoms with Crippen molar-refractivity contribution in [3.63, 3.8) is 0 Å². The number of nitrogens with one attached hydrogen (secondary N) is 1. The van der Waals surface area contributed by atoms with Crippen molar-refractivity contribution >= 4 is 57.9 Å². The van der Waals surface area contributed by atoms with Gasteiger partial charge in [0.15, 0.2) is 0 Å². The summed E-state index contributed by atoms with van der Waals surface area (Å²) in [6.07, 6.45) is 0. The van der Waals surface area contributed by atoms with E-state index in [1.54, 1.807) is 12.1 Å². The number of anilines is 1. The van der Waals surface area contributed by atoms with Crippen LogP contribution < -0.4 is 5.32 Å². The molecular formula is C9H4Cl3N3OS. The minimum absolute atomic E-state index is 0.0305. The van der Waals surface area contributed by atoms with Crippen LogP contribution in [0.2, 0.25) is 14.8 Å². The Morgan fingerprint density at radius 3 is 2.59 bits per heavy atom. The molecule has 2 rings (SSSR count). The number of carbonyl (C=O) groups is 1. The molecule has 8 heteroatoms. The van der Waals surface area contributed by atoms with Gasteiger partial charge in [-0.1, -0.05) is 23.2 Å². The van der Waals surface area contributed by atoms with E-state index in [0.717, 1.165) is 0 Å². The lowest BCUT2D eigenvalue weighted by Crippen LogP contribution is -2.11. The van der Waals surface area contributed by atoms with Crippen LogP contribution in [-0.4, -0.2) is 15.9 Å². The third-order valence-corrected chi connectivity index (χ3v) is 3.30. The largest absolute Gasteiger partial charge is 0.306 e. The topological polar surface area (TPSA) is 54.9 Å². The maximum absolute atomic E-state index is 11.7. The maximum atomic E-state index is 11.7. The second-order valence-electron chi connectivity index (χ2n) is 2.90. The summed E-state index contributed by atoms with van der Waals surface area (Å²) in [6.45, 7) is 0. The molecule has 0 aliphatic carbocycles. The number of amides is 1. The Morgan fingerprint density at radius 2 is 2.00 bits per heavy atom. The van der Waals surface area contributed by atoms with E-state index < -0.39 is 0 Å². The highest BCUT2D eigenvalue weighted by atomic mass is 35.5. The predicted molar refractivity (Wildman–Crippen MR) is 69.3 cm³/mol. The molecule has 0 atom stereocenters. The van der Waals surface area contributed by atoms with E-state index in [1.165, 1.54) is 17.4 Å². The Hall–Kier alpha value is -0.880. The van der Waals surface area contributed by atoms with E-state index >= 15 is 0 Å². The lowest BCUT2D eigenvalue weighted by Gasteiger charge is -2.02. The zero-order valence-electron chi connectivity index (χ0n) is 8.08. The summed E-state index contributed by atoms with van der Waals surface area (Å²) in [4.78, 5) is 19.7. The van der Waals surface area contributed by atoms with Crippen molar-refractivity contribution in [3.8, 4) is 0 Å². The second kappa shape index (κ2) is 5.18. The van der Waals surface area contributed by atoms with Crippen LogP contribution >= 0.6 is 46.1 Å². The van der Waals surface area contributed by atoms with Crippen LogP contribution in [0.15, 0.2) is 18.2 Å². The highest BCUT2D eigenvalue weighted by Crippen LogP contribution is 2.22. The zero-order chi connectivity index (χ0) is 12.4. The van der Waals surface area contributed by atoms with Gasteiger partial charge < -0.3 is 5.32 Å². The molecule has 2 aromatic rings. The fourth-order valence-corrected chi connectivity index (χ4v) is 2.42. The molecule has 17 heavy (non-hydrogen) atoms. The maximum Gasteiger partial charge on any atom is 0.266 e. The van der Waals surface area contributed by atoms with E-state index in [1.807, 2.05) is 0 Å². The van der Waals surface area contributed by atoms with Gasteiger partial charge in [0.1, 0.15) is 11.0 Å². The lowest BCUT2D eigenvalue weighted by atomic mass is 10.4. The molecule has 0 spiro atoms. The minimum Gasteiger partial charge on any atom is -0.306 e. The zero-order valence-corrected chi connectivity index (χ0v) is 11.2. The summed E-state index contributed by atoms with van der Waals surface area (Å²) in [5.41, 5.74) is 0. The standard InChI is InChI=1S/C9H4Cl3N3OS/c10-5-3-7(15-9(12)13-5)14-8(16)4-1-2-6(11)17-4/h1-3H,(H,13,14,15,16). The number of halogens is 3. The predicted octanol–water partition coefficient (Wildman–Crippen LogP) is 3.75. The van der Waals surface area contributed by atoms with Gasteiger partial charge in [0.05, 0.1) is 9.21 Å². The Kier molecular flexibility index (Phi) is 3.83. The highest BCUT2D eigenvalue weighted by molar-refractivity contribution is 7.18. The number of hydrogen-bond donors (Lipinski definition) is 1. The molecule has 0 radical (unpaired) electrons. The van der Waals surface area contributed by atoms with E-state index in [9.17, 15) is 4.79 Å².